The third-order valence-corrected chi connectivity index (χ3v) is 4.21. The first-order valence-electron chi connectivity index (χ1n) is 5.78. The Kier molecular flexibility index (Phi) is 2.97. The van der Waals surface area contributed by atoms with E-state index in [1.807, 2.05) is 12.1 Å². The third kappa shape index (κ3) is 2.15. The van der Waals surface area contributed by atoms with Gasteiger partial charge in [-0.15, -0.1) is 10.2 Å². The van der Waals surface area contributed by atoms with Gasteiger partial charge in [-0.2, -0.15) is 0 Å². The standard InChI is InChI=1S/C11H15IN4/c12-10-1-2-11(16-15-10)14-9-3-7-5-13-6-8(7)4-9/h1-2,7-9,13H,3-6H2,(H,14,16)/t7-,8?,9?/m1/s1. The van der Waals surface area contributed by atoms with Gasteiger partial charge in [0, 0.05) is 6.04 Å². The zero-order valence-corrected chi connectivity index (χ0v) is 11.1. The van der Waals surface area contributed by atoms with Crippen molar-refractivity contribution in [2.75, 3.05) is 18.4 Å². The van der Waals surface area contributed by atoms with Gasteiger partial charge in [0.15, 0.2) is 0 Å². The van der Waals surface area contributed by atoms with Gasteiger partial charge in [0.1, 0.15) is 9.52 Å². The molecule has 1 saturated carbocycles. The highest BCUT2D eigenvalue weighted by Gasteiger charge is 2.37. The summed E-state index contributed by atoms with van der Waals surface area (Å²) < 4.78 is 0.940. The van der Waals surface area contributed by atoms with E-state index in [1.165, 1.54) is 25.9 Å². The quantitative estimate of drug-likeness (QED) is 0.807. The summed E-state index contributed by atoms with van der Waals surface area (Å²) in [4.78, 5) is 0. The highest BCUT2D eigenvalue weighted by molar-refractivity contribution is 14.1. The van der Waals surface area contributed by atoms with Crippen LogP contribution in [0.2, 0.25) is 0 Å². The van der Waals surface area contributed by atoms with Gasteiger partial charge >= 0.3 is 0 Å². The topological polar surface area (TPSA) is 49.8 Å². The van der Waals surface area contributed by atoms with E-state index in [-0.39, 0.29) is 0 Å². The summed E-state index contributed by atoms with van der Waals surface area (Å²) >= 11 is 2.17. The van der Waals surface area contributed by atoms with Gasteiger partial charge in [0.25, 0.3) is 0 Å². The van der Waals surface area contributed by atoms with E-state index in [0.717, 1.165) is 21.4 Å². The van der Waals surface area contributed by atoms with Crippen LogP contribution in [-0.4, -0.2) is 29.3 Å². The van der Waals surface area contributed by atoms with Gasteiger partial charge in [0.2, 0.25) is 0 Å². The Morgan fingerprint density at radius 2 is 1.94 bits per heavy atom. The lowest BCUT2D eigenvalue weighted by Crippen LogP contribution is -2.21. The molecule has 2 aliphatic rings. The molecule has 2 fully saturated rings. The Balaban J connectivity index is 1.62. The van der Waals surface area contributed by atoms with Crippen LogP contribution in [-0.2, 0) is 0 Å². The highest BCUT2D eigenvalue weighted by Crippen LogP contribution is 2.35. The van der Waals surface area contributed by atoms with E-state index in [4.69, 9.17) is 0 Å². The Morgan fingerprint density at radius 3 is 2.56 bits per heavy atom. The molecule has 2 unspecified atom stereocenters. The molecule has 0 spiro atoms. The van der Waals surface area contributed by atoms with E-state index in [0.29, 0.717) is 6.04 Å². The average molecular weight is 330 g/mol. The van der Waals surface area contributed by atoms with E-state index in [9.17, 15) is 0 Å². The smallest absolute Gasteiger partial charge is 0.148 e. The van der Waals surface area contributed by atoms with Crippen molar-refractivity contribution in [3.8, 4) is 0 Å². The molecule has 2 heterocycles. The summed E-state index contributed by atoms with van der Waals surface area (Å²) in [5.41, 5.74) is 0. The molecule has 0 aromatic carbocycles. The fraction of sp³-hybridized carbons (Fsp3) is 0.636. The number of anilines is 1. The minimum atomic E-state index is 0.589. The Bertz CT molecular complexity index is 355. The molecule has 3 atom stereocenters. The average Bonchev–Trinajstić information content (AvgIpc) is 2.81. The second kappa shape index (κ2) is 4.44. The lowest BCUT2D eigenvalue weighted by Gasteiger charge is -2.13. The second-order valence-corrected chi connectivity index (χ2v) is 5.84. The lowest BCUT2D eigenvalue weighted by molar-refractivity contribution is 0.494. The van der Waals surface area contributed by atoms with Crippen molar-refractivity contribution in [1.29, 1.82) is 0 Å². The van der Waals surface area contributed by atoms with Gasteiger partial charge in [0.05, 0.1) is 0 Å². The Hall–Kier alpha value is -0.430. The van der Waals surface area contributed by atoms with Crippen LogP contribution in [0.15, 0.2) is 12.1 Å². The molecule has 3 rings (SSSR count). The van der Waals surface area contributed by atoms with Gasteiger partial charge < -0.3 is 10.6 Å². The molecule has 1 aromatic heterocycles. The number of nitrogens with one attached hydrogen (secondary N) is 2. The van der Waals surface area contributed by atoms with Crippen molar-refractivity contribution in [1.82, 2.24) is 15.5 Å². The van der Waals surface area contributed by atoms with Crippen molar-refractivity contribution in [2.45, 2.75) is 18.9 Å². The first-order valence-corrected chi connectivity index (χ1v) is 6.85. The van der Waals surface area contributed by atoms with Crippen molar-refractivity contribution in [3.63, 3.8) is 0 Å². The number of hydrogen-bond acceptors (Lipinski definition) is 4. The predicted molar refractivity (Wildman–Crippen MR) is 71.2 cm³/mol. The zero-order valence-electron chi connectivity index (χ0n) is 8.99. The lowest BCUT2D eigenvalue weighted by atomic mass is 10.0. The fourth-order valence-corrected chi connectivity index (χ4v) is 3.17. The van der Waals surface area contributed by atoms with Gasteiger partial charge in [-0.3, -0.25) is 0 Å². The SMILES string of the molecule is Ic1ccc(NC2CC3CNC[C@H]3C2)nn1. The van der Waals surface area contributed by atoms with E-state index >= 15 is 0 Å². The molecule has 0 amide bonds. The first-order chi connectivity index (χ1) is 7.81. The van der Waals surface area contributed by atoms with Crippen LogP contribution in [0.5, 0.6) is 0 Å². The maximum Gasteiger partial charge on any atom is 0.148 e. The minimum Gasteiger partial charge on any atom is -0.366 e. The number of hydrogen-bond donors (Lipinski definition) is 2. The highest BCUT2D eigenvalue weighted by atomic mass is 127. The number of aromatic nitrogens is 2. The Labute approximate surface area is 109 Å². The first kappa shape index (κ1) is 10.7. The van der Waals surface area contributed by atoms with Crippen LogP contribution in [0, 0.1) is 15.5 Å². The zero-order chi connectivity index (χ0) is 11.0. The molecule has 0 radical (unpaired) electrons. The number of nitrogens with zero attached hydrogens (tertiary/aromatic N) is 2. The van der Waals surface area contributed by atoms with E-state index in [2.05, 4.69) is 43.4 Å². The molecular weight excluding hydrogens is 315 g/mol. The molecule has 1 aromatic rings. The maximum absolute atomic E-state index is 4.15. The van der Waals surface area contributed by atoms with E-state index in [1.54, 1.807) is 0 Å². The maximum atomic E-state index is 4.15. The molecule has 0 bridgehead atoms. The Morgan fingerprint density at radius 1 is 1.19 bits per heavy atom. The number of fused-ring (bicyclic) bond motifs is 1. The van der Waals surface area contributed by atoms with Crippen molar-refractivity contribution in [3.05, 3.63) is 15.8 Å². The van der Waals surface area contributed by atoms with Crippen LogP contribution < -0.4 is 10.6 Å². The molecular formula is C11H15IN4. The molecule has 2 N–H and O–H groups in total. The largest absolute Gasteiger partial charge is 0.366 e. The van der Waals surface area contributed by atoms with Crippen LogP contribution in [0.3, 0.4) is 0 Å². The summed E-state index contributed by atoms with van der Waals surface area (Å²) in [7, 11) is 0. The van der Waals surface area contributed by atoms with Crippen molar-refractivity contribution >= 4 is 28.4 Å². The molecule has 1 saturated heterocycles. The minimum absolute atomic E-state index is 0.589. The van der Waals surface area contributed by atoms with Gasteiger partial charge in [-0.25, -0.2) is 0 Å². The summed E-state index contributed by atoms with van der Waals surface area (Å²) in [6.07, 6.45) is 2.54. The van der Waals surface area contributed by atoms with Crippen LogP contribution in [0.25, 0.3) is 0 Å². The van der Waals surface area contributed by atoms with Crippen LogP contribution in [0.4, 0.5) is 5.82 Å². The monoisotopic (exact) mass is 330 g/mol. The van der Waals surface area contributed by atoms with Gasteiger partial charge in [-0.1, -0.05) is 0 Å². The van der Waals surface area contributed by atoms with Crippen molar-refractivity contribution < 1.29 is 0 Å². The number of halogens is 1. The normalized spacial score (nSPS) is 32.7. The summed E-state index contributed by atoms with van der Waals surface area (Å²) in [5.74, 6) is 2.65. The number of rotatable bonds is 2. The fourth-order valence-electron chi connectivity index (χ4n) is 2.89. The van der Waals surface area contributed by atoms with Gasteiger partial charge in [-0.05, 0) is 72.5 Å². The predicted octanol–water partition coefficient (Wildman–Crippen LogP) is 1.49. The van der Waals surface area contributed by atoms with E-state index < -0.39 is 0 Å². The second-order valence-electron chi connectivity index (χ2n) is 4.73. The summed E-state index contributed by atoms with van der Waals surface area (Å²) in [6.45, 7) is 2.39. The molecule has 1 aliphatic heterocycles. The molecule has 86 valence electrons. The molecule has 16 heavy (non-hydrogen) atoms. The van der Waals surface area contributed by atoms with Crippen molar-refractivity contribution in [2.24, 2.45) is 11.8 Å². The molecule has 1 aliphatic carbocycles. The molecule has 4 nitrogen and oxygen atoms in total. The summed E-state index contributed by atoms with van der Waals surface area (Å²) in [6, 6.07) is 4.60. The van der Waals surface area contributed by atoms with Crippen LogP contribution in [0.1, 0.15) is 12.8 Å². The third-order valence-electron chi connectivity index (χ3n) is 3.64. The molecule has 5 heteroatoms. The summed E-state index contributed by atoms with van der Waals surface area (Å²) in [5, 5.41) is 15.2. The van der Waals surface area contributed by atoms with Crippen LogP contribution >= 0.6 is 22.6 Å².